The molecule has 22 heavy (non-hydrogen) atoms. The van der Waals surface area contributed by atoms with Gasteiger partial charge >= 0.3 is 5.97 Å². The molecule has 4 nitrogen and oxygen atoms in total. The minimum Gasteiger partial charge on any atom is -0.497 e. The summed E-state index contributed by atoms with van der Waals surface area (Å²) in [5, 5.41) is 0. The van der Waals surface area contributed by atoms with Gasteiger partial charge < -0.3 is 14.4 Å². The lowest BCUT2D eigenvalue weighted by Crippen LogP contribution is -2.20. The highest BCUT2D eigenvalue weighted by molar-refractivity contribution is 5.88. The molecule has 1 aliphatic heterocycles. The minimum atomic E-state index is -0.101. The molecule has 2 atom stereocenters. The van der Waals surface area contributed by atoms with Crippen LogP contribution in [0.1, 0.15) is 39.0 Å². The van der Waals surface area contributed by atoms with Gasteiger partial charge in [-0.15, -0.1) is 0 Å². The van der Waals surface area contributed by atoms with Crippen molar-refractivity contribution in [2.24, 2.45) is 5.92 Å². The molecule has 0 spiro atoms. The van der Waals surface area contributed by atoms with Crippen molar-refractivity contribution in [3.05, 3.63) is 24.3 Å². The lowest BCUT2D eigenvalue weighted by molar-refractivity contribution is -0.142. The molecule has 0 amide bonds. The number of benzene rings is 1. The first-order valence-corrected chi connectivity index (χ1v) is 8.35. The van der Waals surface area contributed by atoms with Gasteiger partial charge in [0.2, 0.25) is 0 Å². The molecule has 0 unspecified atom stereocenters. The summed E-state index contributed by atoms with van der Waals surface area (Å²) in [7, 11) is 1.67. The zero-order chi connectivity index (χ0) is 15.5. The number of hydrogen-bond donors (Lipinski definition) is 0. The highest BCUT2D eigenvalue weighted by atomic mass is 16.5. The van der Waals surface area contributed by atoms with E-state index in [0.29, 0.717) is 18.6 Å². The molecule has 0 radical (unpaired) electrons. The Bertz CT molecular complexity index is 508. The van der Waals surface area contributed by atoms with E-state index in [0.717, 1.165) is 11.4 Å². The Labute approximate surface area is 132 Å². The van der Waals surface area contributed by atoms with Crippen molar-refractivity contribution in [2.75, 3.05) is 18.6 Å². The van der Waals surface area contributed by atoms with E-state index in [2.05, 4.69) is 4.90 Å². The Morgan fingerprint density at radius 1 is 1.18 bits per heavy atom. The molecule has 0 N–H and O–H groups in total. The third-order valence-corrected chi connectivity index (χ3v) is 4.89. The van der Waals surface area contributed by atoms with Crippen molar-refractivity contribution in [2.45, 2.75) is 51.1 Å². The number of nitrogens with zero attached hydrogens (tertiary/aromatic N) is 1. The van der Waals surface area contributed by atoms with Gasteiger partial charge in [0, 0.05) is 5.69 Å². The van der Waals surface area contributed by atoms with Crippen molar-refractivity contribution in [1.82, 2.24) is 0 Å². The summed E-state index contributed by atoms with van der Waals surface area (Å²) in [6.07, 6.45) is 6.36. The van der Waals surface area contributed by atoms with Gasteiger partial charge in [-0.05, 0) is 49.9 Å². The number of carbonyl (C=O) groups is 1. The number of carbonyl (C=O) groups excluding carboxylic acids is 1. The van der Waals surface area contributed by atoms with E-state index in [-0.39, 0.29) is 12.0 Å². The summed E-state index contributed by atoms with van der Waals surface area (Å²) in [5.41, 5.74) is 1.09. The van der Waals surface area contributed by atoms with E-state index >= 15 is 0 Å². The van der Waals surface area contributed by atoms with Gasteiger partial charge in [0.1, 0.15) is 11.8 Å². The van der Waals surface area contributed by atoms with E-state index in [4.69, 9.17) is 9.47 Å². The molecule has 1 saturated carbocycles. The zero-order valence-electron chi connectivity index (χ0n) is 13.5. The van der Waals surface area contributed by atoms with E-state index in [1.165, 1.54) is 32.1 Å². The highest BCUT2D eigenvalue weighted by Crippen LogP contribution is 2.45. The average molecular weight is 303 g/mol. The molecular weight excluding hydrogens is 278 g/mol. The molecule has 1 aliphatic carbocycles. The predicted octanol–water partition coefficient (Wildman–Crippen LogP) is 3.40. The third-order valence-electron chi connectivity index (χ3n) is 4.89. The Morgan fingerprint density at radius 2 is 1.86 bits per heavy atom. The second-order valence-corrected chi connectivity index (χ2v) is 6.19. The smallest absolute Gasteiger partial charge is 0.330 e. The molecule has 0 aromatic heterocycles. The maximum absolute atomic E-state index is 12.3. The van der Waals surface area contributed by atoms with Crippen LogP contribution in [0.5, 0.6) is 5.75 Å². The van der Waals surface area contributed by atoms with Crippen molar-refractivity contribution >= 4 is 11.7 Å². The summed E-state index contributed by atoms with van der Waals surface area (Å²) >= 11 is 0. The minimum absolute atomic E-state index is 0.0751. The van der Waals surface area contributed by atoms with Crippen LogP contribution in [0.15, 0.2) is 24.3 Å². The summed E-state index contributed by atoms with van der Waals surface area (Å²) in [6.45, 7) is 2.32. The fourth-order valence-electron chi connectivity index (χ4n) is 3.78. The van der Waals surface area contributed by atoms with Crippen LogP contribution in [0.3, 0.4) is 0 Å². The fourth-order valence-corrected chi connectivity index (χ4v) is 3.78. The molecule has 120 valence electrons. The Kier molecular flexibility index (Phi) is 4.55. The monoisotopic (exact) mass is 303 g/mol. The first-order valence-electron chi connectivity index (χ1n) is 8.35. The molecule has 0 bridgehead atoms. The first-order chi connectivity index (χ1) is 10.8. The number of methoxy groups -OCH3 is 1. The molecule has 2 aliphatic rings. The quantitative estimate of drug-likeness (QED) is 0.617. The Hall–Kier alpha value is -1.71. The van der Waals surface area contributed by atoms with Gasteiger partial charge in [0.15, 0.2) is 0 Å². The van der Waals surface area contributed by atoms with Gasteiger partial charge in [0.05, 0.1) is 19.8 Å². The number of anilines is 1. The standard InChI is InChI=1S/C18H25NO3/c1-3-22-18(20)17-16(13-7-5-4-6-8-13)19(17)14-9-11-15(21-2)12-10-14/h9-13,16-17H,3-8H2,1-2H3/t16-,17-,19?/m0/s1. The third kappa shape index (κ3) is 2.92. The summed E-state index contributed by atoms with van der Waals surface area (Å²) in [5.74, 6) is 1.38. The number of esters is 1. The van der Waals surface area contributed by atoms with Crippen LogP contribution in [-0.4, -0.2) is 31.8 Å². The van der Waals surface area contributed by atoms with Crippen molar-refractivity contribution in [3.8, 4) is 5.75 Å². The number of hydrogen-bond acceptors (Lipinski definition) is 4. The highest BCUT2D eigenvalue weighted by Gasteiger charge is 2.56. The second-order valence-electron chi connectivity index (χ2n) is 6.19. The van der Waals surface area contributed by atoms with E-state index in [1.54, 1.807) is 7.11 Å². The normalized spacial score (nSPS) is 24.9. The molecule has 1 saturated heterocycles. The second kappa shape index (κ2) is 6.59. The van der Waals surface area contributed by atoms with Gasteiger partial charge in [-0.1, -0.05) is 19.3 Å². The largest absolute Gasteiger partial charge is 0.497 e. The molecule has 3 rings (SSSR count). The fraction of sp³-hybridized carbons (Fsp3) is 0.611. The van der Waals surface area contributed by atoms with E-state index in [1.807, 2.05) is 31.2 Å². The maximum atomic E-state index is 12.3. The molecular formula is C18H25NO3. The van der Waals surface area contributed by atoms with E-state index in [9.17, 15) is 4.79 Å². The Balaban J connectivity index is 1.77. The molecule has 1 aromatic rings. The summed E-state index contributed by atoms with van der Waals surface area (Å²) in [4.78, 5) is 14.5. The van der Waals surface area contributed by atoms with Crippen LogP contribution in [0.4, 0.5) is 5.69 Å². The van der Waals surface area contributed by atoms with Crippen molar-refractivity contribution in [3.63, 3.8) is 0 Å². The van der Waals surface area contributed by atoms with Crippen LogP contribution >= 0.6 is 0 Å². The Morgan fingerprint density at radius 3 is 2.45 bits per heavy atom. The summed E-state index contributed by atoms with van der Waals surface area (Å²) in [6, 6.07) is 8.19. The summed E-state index contributed by atoms with van der Waals surface area (Å²) < 4.78 is 10.5. The van der Waals surface area contributed by atoms with Crippen LogP contribution in [0.2, 0.25) is 0 Å². The molecule has 1 aromatic carbocycles. The predicted molar refractivity (Wildman–Crippen MR) is 86.3 cm³/mol. The van der Waals surface area contributed by atoms with Gasteiger partial charge in [0.25, 0.3) is 0 Å². The van der Waals surface area contributed by atoms with Gasteiger partial charge in [-0.25, -0.2) is 4.79 Å². The number of ether oxygens (including phenoxy) is 2. The van der Waals surface area contributed by atoms with Crippen LogP contribution in [0.25, 0.3) is 0 Å². The van der Waals surface area contributed by atoms with Crippen LogP contribution in [0, 0.1) is 5.92 Å². The molecule has 4 heteroatoms. The van der Waals surface area contributed by atoms with Gasteiger partial charge in [-0.2, -0.15) is 0 Å². The van der Waals surface area contributed by atoms with Crippen LogP contribution in [-0.2, 0) is 9.53 Å². The average Bonchev–Trinajstić information content (AvgIpc) is 3.32. The van der Waals surface area contributed by atoms with E-state index < -0.39 is 0 Å². The zero-order valence-corrected chi connectivity index (χ0v) is 13.5. The van der Waals surface area contributed by atoms with Crippen LogP contribution < -0.4 is 9.64 Å². The lowest BCUT2D eigenvalue weighted by Gasteiger charge is -2.21. The van der Waals surface area contributed by atoms with Crippen molar-refractivity contribution < 1.29 is 14.3 Å². The number of rotatable bonds is 5. The SMILES string of the molecule is CCOC(=O)[C@@H]1[C@H](C2CCCCC2)N1c1ccc(OC)cc1. The topological polar surface area (TPSA) is 38.5 Å². The molecule has 2 fully saturated rings. The molecule has 1 heterocycles. The first kappa shape index (κ1) is 15.2. The maximum Gasteiger partial charge on any atom is 0.330 e. The lowest BCUT2D eigenvalue weighted by atomic mass is 9.85. The van der Waals surface area contributed by atoms with Crippen molar-refractivity contribution in [1.29, 1.82) is 0 Å². The van der Waals surface area contributed by atoms with Gasteiger partial charge in [-0.3, -0.25) is 0 Å².